The Bertz CT molecular complexity index is 2010. The van der Waals surface area contributed by atoms with Crippen molar-refractivity contribution in [3.63, 3.8) is 0 Å². The molecular formula is C35H33ClF2N8O4. The normalized spacial score (nSPS) is 16.8. The van der Waals surface area contributed by atoms with Gasteiger partial charge in [-0.1, -0.05) is 80.9 Å². The minimum absolute atomic E-state index is 0.109. The quantitative estimate of drug-likeness (QED) is 0.176. The molecule has 2 aromatic heterocycles. The lowest BCUT2D eigenvalue weighted by Gasteiger charge is -2.34. The van der Waals surface area contributed by atoms with Gasteiger partial charge in [0.2, 0.25) is 5.96 Å². The molecule has 3 heterocycles. The summed E-state index contributed by atoms with van der Waals surface area (Å²) in [6.45, 7) is 2.55. The van der Waals surface area contributed by atoms with Gasteiger partial charge >= 0.3 is 12.5 Å². The smallest absolute Gasteiger partial charge is 0.362 e. The zero-order valence-corrected chi connectivity index (χ0v) is 28.0. The van der Waals surface area contributed by atoms with Crippen LogP contribution in [0, 0.1) is 5.41 Å². The van der Waals surface area contributed by atoms with E-state index in [9.17, 15) is 23.5 Å². The van der Waals surface area contributed by atoms with E-state index >= 15 is 0 Å². The van der Waals surface area contributed by atoms with Crippen LogP contribution in [0.25, 0.3) is 16.8 Å². The predicted octanol–water partition coefficient (Wildman–Crippen LogP) is 6.10. The first-order valence-corrected chi connectivity index (χ1v) is 15.9. The summed E-state index contributed by atoms with van der Waals surface area (Å²) >= 11 is 6.50. The third-order valence-corrected chi connectivity index (χ3v) is 8.45. The first-order valence-electron chi connectivity index (χ1n) is 15.5. The fourth-order valence-corrected chi connectivity index (χ4v) is 6.15. The topological polar surface area (TPSA) is 140 Å². The number of aliphatic hydroxyl groups is 1. The first kappa shape index (κ1) is 34.4. The number of aliphatic imine (C=N–C) groups is 1. The zero-order chi connectivity index (χ0) is 35.6. The van der Waals surface area contributed by atoms with Crippen LogP contribution in [0.15, 0.2) is 103 Å². The van der Waals surface area contributed by atoms with Crippen molar-refractivity contribution in [2.24, 2.45) is 10.4 Å². The van der Waals surface area contributed by atoms with E-state index in [1.54, 1.807) is 72.8 Å². The lowest BCUT2D eigenvalue weighted by atomic mass is 9.75. The Morgan fingerprint density at radius 1 is 1.04 bits per heavy atom. The second-order valence-corrected chi connectivity index (χ2v) is 13.3. The number of amides is 1. The van der Waals surface area contributed by atoms with Crippen LogP contribution in [-0.2, 0) is 15.2 Å². The lowest BCUT2D eigenvalue weighted by molar-refractivity contribution is -0.135. The van der Waals surface area contributed by atoms with Crippen LogP contribution in [0.1, 0.15) is 61.3 Å². The molecule has 50 heavy (non-hydrogen) atoms. The Morgan fingerprint density at radius 3 is 2.40 bits per heavy atom. The molecule has 3 aromatic carbocycles. The average Bonchev–Trinajstić information content (AvgIpc) is 3.87. The highest BCUT2D eigenvalue weighted by molar-refractivity contribution is 6.32. The molecule has 1 aliphatic heterocycles. The van der Waals surface area contributed by atoms with Crippen LogP contribution >= 0.6 is 11.6 Å². The van der Waals surface area contributed by atoms with Gasteiger partial charge in [0.15, 0.2) is 5.54 Å². The fourth-order valence-electron chi connectivity index (χ4n) is 5.95. The number of aliphatic hydroxyl groups excluding tert-OH is 1. The van der Waals surface area contributed by atoms with Crippen molar-refractivity contribution in [2.75, 3.05) is 6.61 Å². The molecule has 0 spiro atoms. The highest BCUT2D eigenvalue weighted by atomic mass is 35.5. The molecule has 1 aliphatic rings. The van der Waals surface area contributed by atoms with Crippen LogP contribution in [0.4, 0.5) is 8.78 Å². The SMILES string of the molecule is CC(C)(C)C[C@]1(c2ccc(-c3cnn(C(F)F)c3)cc2)N=C(NOC(=O)c2ccccc2)N(C(CO)c2ccc(Cl)c(-n3cncn3)c2)C1=O. The van der Waals surface area contributed by atoms with E-state index in [-0.39, 0.29) is 17.9 Å². The van der Waals surface area contributed by atoms with Crippen molar-refractivity contribution in [1.29, 1.82) is 0 Å². The van der Waals surface area contributed by atoms with E-state index in [1.165, 1.54) is 34.6 Å². The van der Waals surface area contributed by atoms with Gasteiger partial charge in [-0.2, -0.15) is 24.5 Å². The molecule has 0 bridgehead atoms. The Kier molecular flexibility index (Phi) is 9.49. The largest absolute Gasteiger partial charge is 0.394 e. The van der Waals surface area contributed by atoms with Gasteiger partial charge in [0.05, 0.1) is 35.1 Å². The van der Waals surface area contributed by atoms with Crippen molar-refractivity contribution < 1.29 is 28.3 Å². The number of halogens is 3. The summed E-state index contributed by atoms with van der Waals surface area (Å²) in [5.74, 6) is -1.33. The number of nitrogens with zero attached hydrogens (tertiary/aromatic N) is 7. The van der Waals surface area contributed by atoms with Crippen molar-refractivity contribution in [3.8, 4) is 16.8 Å². The third-order valence-electron chi connectivity index (χ3n) is 8.13. The number of rotatable bonds is 9. The van der Waals surface area contributed by atoms with Crippen molar-refractivity contribution in [2.45, 2.75) is 45.3 Å². The maximum absolute atomic E-state index is 15.0. The second-order valence-electron chi connectivity index (χ2n) is 12.9. The Morgan fingerprint density at radius 2 is 1.78 bits per heavy atom. The molecule has 5 aromatic rings. The van der Waals surface area contributed by atoms with Gasteiger partial charge in [0, 0.05) is 11.8 Å². The summed E-state index contributed by atoms with van der Waals surface area (Å²) in [6.07, 6.45) is 5.59. The molecule has 2 N–H and O–H groups in total. The molecule has 15 heteroatoms. The summed E-state index contributed by atoms with van der Waals surface area (Å²) < 4.78 is 28.4. The Hall–Kier alpha value is -5.47. The Labute approximate surface area is 290 Å². The minimum Gasteiger partial charge on any atom is -0.394 e. The minimum atomic E-state index is -2.79. The van der Waals surface area contributed by atoms with E-state index in [4.69, 9.17) is 21.4 Å². The molecule has 1 amide bonds. The summed E-state index contributed by atoms with van der Waals surface area (Å²) in [5, 5.41) is 19.1. The van der Waals surface area contributed by atoms with E-state index in [0.717, 1.165) is 0 Å². The van der Waals surface area contributed by atoms with Crippen LogP contribution in [0.5, 0.6) is 0 Å². The summed E-state index contributed by atoms with van der Waals surface area (Å²) in [7, 11) is 0. The van der Waals surface area contributed by atoms with Gasteiger partial charge in [-0.05, 0) is 52.8 Å². The van der Waals surface area contributed by atoms with E-state index < -0.39 is 42.0 Å². The average molecular weight is 703 g/mol. The molecule has 0 radical (unpaired) electrons. The highest BCUT2D eigenvalue weighted by Crippen LogP contribution is 2.45. The van der Waals surface area contributed by atoms with E-state index in [1.807, 2.05) is 20.8 Å². The predicted molar refractivity (Wildman–Crippen MR) is 180 cm³/mol. The molecule has 12 nitrogen and oxygen atoms in total. The van der Waals surface area contributed by atoms with Crippen molar-refractivity contribution >= 4 is 29.4 Å². The molecule has 0 saturated carbocycles. The van der Waals surface area contributed by atoms with Gasteiger partial charge in [0.25, 0.3) is 5.91 Å². The van der Waals surface area contributed by atoms with Crippen molar-refractivity contribution in [1.82, 2.24) is 34.9 Å². The monoisotopic (exact) mass is 702 g/mol. The van der Waals surface area contributed by atoms with Gasteiger partial charge in [-0.3, -0.25) is 9.69 Å². The van der Waals surface area contributed by atoms with Gasteiger partial charge < -0.3 is 9.94 Å². The van der Waals surface area contributed by atoms with Gasteiger partial charge in [-0.25, -0.2) is 24.1 Å². The number of hydrogen-bond acceptors (Lipinski definition) is 9. The molecule has 0 saturated heterocycles. The van der Waals surface area contributed by atoms with Crippen LogP contribution in [0.3, 0.4) is 0 Å². The number of hydroxylamine groups is 1. The fraction of sp³-hybridized carbons (Fsp3) is 0.257. The number of benzene rings is 3. The number of carbonyl (C=O) groups excluding carboxylic acids is 2. The standard InChI is InChI=1S/C35H33ClF2N8O4/c1-34(2,3)19-35(26-12-9-22(10-13-26)25-16-40-44(17-25)32(37)38)31(49)46(33(42-35)43-50-30(48)23-7-5-4-6-8-23)29(18-47)24-11-14-27(36)28(15-24)45-21-39-20-41-45/h4-17,20-21,29,32,47H,18-19H2,1-3H3,(H,42,43)/t29?,35-/m1/s1. The lowest BCUT2D eigenvalue weighted by Crippen LogP contribution is -2.48. The molecular weight excluding hydrogens is 670 g/mol. The number of guanidine groups is 1. The van der Waals surface area contributed by atoms with Crippen molar-refractivity contribution in [3.05, 3.63) is 120 Å². The molecule has 2 atom stereocenters. The number of aromatic nitrogens is 5. The number of nitrogens with one attached hydrogen (secondary N) is 1. The first-order chi connectivity index (χ1) is 23.9. The van der Waals surface area contributed by atoms with E-state index in [0.29, 0.717) is 37.6 Å². The molecule has 0 aliphatic carbocycles. The summed E-state index contributed by atoms with van der Waals surface area (Å²) in [5.41, 5.74) is 3.36. The molecule has 6 rings (SSSR count). The molecule has 0 fully saturated rings. The molecule has 258 valence electrons. The zero-order valence-electron chi connectivity index (χ0n) is 27.2. The van der Waals surface area contributed by atoms with Gasteiger partial charge in [0.1, 0.15) is 12.7 Å². The second kappa shape index (κ2) is 13.8. The Balaban J connectivity index is 1.44. The number of alkyl halides is 2. The van der Waals surface area contributed by atoms with Gasteiger partial charge in [-0.15, -0.1) is 0 Å². The van der Waals surface area contributed by atoms with Crippen LogP contribution in [0.2, 0.25) is 5.02 Å². The molecule has 1 unspecified atom stereocenters. The maximum Gasteiger partial charge on any atom is 0.362 e. The van der Waals surface area contributed by atoms with Crippen LogP contribution < -0.4 is 5.48 Å². The number of hydrogen-bond donors (Lipinski definition) is 2. The number of carbonyl (C=O) groups is 2. The highest BCUT2D eigenvalue weighted by Gasteiger charge is 2.54. The maximum atomic E-state index is 15.0. The summed E-state index contributed by atoms with van der Waals surface area (Å²) in [4.78, 5) is 43.7. The van der Waals surface area contributed by atoms with E-state index in [2.05, 4.69) is 20.7 Å². The third kappa shape index (κ3) is 6.84. The summed E-state index contributed by atoms with van der Waals surface area (Å²) in [6, 6.07) is 19.0. The van der Waals surface area contributed by atoms with Crippen LogP contribution in [-0.4, -0.2) is 59.0 Å².